The summed E-state index contributed by atoms with van der Waals surface area (Å²) < 4.78 is 6.20. The molecule has 1 nitrogen and oxygen atoms in total. The number of benzene rings is 5. The fourth-order valence-corrected chi connectivity index (χ4v) is 4.98. The molecular formula is C29H22O. The smallest absolute Gasteiger partial charge is 0.136 e. The van der Waals surface area contributed by atoms with E-state index in [-0.39, 0.29) is 0 Å². The molecule has 0 aliphatic carbocycles. The Bertz CT molecular complexity index is 1510. The molecule has 0 saturated heterocycles. The summed E-state index contributed by atoms with van der Waals surface area (Å²) >= 11 is 0. The van der Waals surface area contributed by atoms with Crippen molar-refractivity contribution in [1.82, 2.24) is 0 Å². The minimum Gasteiger partial charge on any atom is -0.456 e. The summed E-state index contributed by atoms with van der Waals surface area (Å²) in [4.78, 5) is 0. The molecule has 0 N–H and O–H groups in total. The number of hydrogen-bond acceptors (Lipinski definition) is 1. The molecule has 0 saturated carbocycles. The van der Waals surface area contributed by atoms with Crippen LogP contribution in [-0.2, 0) is 0 Å². The Morgan fingerprint density at radius 1 is 0.533 bits per heavy atom. The summed E-state index contributed by atoms with van der Waals surface area (Å²) in [6, 6.07) is 32.5. The van der Waals surface area contributed by atoms with Crippen molar-refractivity contribution in [2.75, 3.05) is 0 Å². The van der Waals surface area contributed by atoms with E-state index in [2.05, 4.69) is 92.7 Å². The van der Waals surface area contributed by atoms with Gasteiger partial charge in [-0.25, -0.2) is 0 Å². The highest BCUT2D eigenvalue weighted by Gasteiger charge is 2.17. The highest BCUT2D eigenvalue weighted by atomic mass is 16.3. The van der Waals surface area contributed by atoms with Crippen molar-refractivity contribution in [1.29, 1.82) is 0 Å². The molecule has 5 aromatic carbocycles. The number of furan rings is 1. The van der Waals surface area contributed by atoms with E-state index in [0.29, 0.717) is 5.92 Å². The second-order valence-corrected chi connectivity index (χ2v) is 8.34. The summed E-state index contributed by atoms with van der Waals surface area (Å²) in [5.74, 6) is 0.451. The van der Waals surface area contributed by atoms with E-state index >= 15 is 0 Å². The Morgan fingerprint density at radius 3 is 1.70 bits per heavy atom. The van der Waals surface area contributed by atoms with Crippen molar-refractivity contribution in [3.05, 3.63) is 96.6 Å². The number of rotatable bonds is 2. The Balaban J connectivity index is 1.75. The minimum atomic E-state index is 0.451. The SMILES string of the molecule is CC(C)c1c2ccccc2c(-c2ccc3c(c2)oc2ccccc23)c2ccccc12. The van der Waals surface area contributed by atoms with Gasteiger partial charge in [-0.05, 0) is 62.4 Å². The van der Waals surface area contributed by atoms with E-state index in [4.69, 9.17) is 4.42 Å². The maximum absolute atomic E-state index is 6.20. The minimum absolute atomic E-state index is 0.451. The van der Waals surface area contributed by atoms with Crippen LogP contribution < -0.4 is 0 Å². The fourth-order valence-electron chi connectivity index (χ4n) is 4.98. The number of hydrogen-bond donors (Lipinski definition) is 0. The first-order valence-corrected chi connectivity index (χ1v) is 10.6. The van der Waals surface area contributed by atoms with Crippen LogP contribution in [0.15, 0.2) is 95.4 Å². The van der Waals surface area contributed by atoms with Crippen LogP contribution >= 0.6 is 0 Å². The van der Waals surface area contributed by atoms with Gasteiger partial charge in [-0.1, -0.05) is 86.6 Å². The second kappa shape index (κ2) is 6.47. The van der Waals surface area contributed by atoms with Gasteiger partial charge in [-0.3, -0.25) is 0 Å². The molecule has 0 radical (unpaired) electrons. The Kier molecular flexibility index (Phi) is 3.73. The molecule has 0 atom stereocenters. The van der Waals surface area contributed by atoms with Gasteiger partial charge in [0.1, 0.15) is 11.2 Å². The van der Waals surface area contributed by atoms with Crippen molar-refractivity contribution < 1.29 is 4.42 Å². The third kappa shape index (κ3) is 2.42. The number of para-hydroxylation sites is 1. The molecule has 30 heavy (non-hydrogen) atoms. The van der Waals surface area contributed by atoms with Gasteiger partial charge in [0.05, 0.1) is 0 Å². The van der Waals surface area contributed by atoms with Gasteiger partial charge in [0.15, 0.2) is 0 Å². The first-order chi connectivity index (χ1) is 14.7. The highest BCUT2D eigenvalue weighted by molar-refractivity contribution is 6.16. The molecule has 0 aliphatic rings. The van der Waals surface area contributed by atoms with Crippen LogP contribution in [0, 0.1) is 0 Å². The van der Waals surface area contributed by atoms with E-state index in [1.165, 1.54) is 49.0 Å². The topological polar surface area (TPSA) is 13.1 Å². The van der Waals surface area contributed by atoms with Crippen molar-refractivity contribution in [3.63, 3.8) is 0 Å². The zero-order valence-corrected chi connectivity index (χ0v) is 17.1. The average molecular weight is 386 g/mol. The maximum Gasteiger partial charge on any atom is 0.136 e. The number of fused-ring (bicyclic) bond motifs is 5. The van der Waals surface area contributed by atoms with Gasteiger partial charge >= 0.3 is 0 Å². The average Bonchev–Trinajstić information content (AvgIpc) is 3.14. The molecule has 1 aromatic heterocycles. The molecule has 0 amide bonds. The van der Waals surface area contributed by atoms with Crippen LogP contribution in [0.5, 0.6) is 0 Å². The Labute approximate surface area is 175 Å². The quantitative estimate of drug-likeness (QED) is 0.271. The first kappa shape index (κ1) is 17.3. The van der Waals surface area contributed by atoms with Crippen molar-refractivity contribution in [2.24, 2.45) is 0 Å². The molecule has 1 heteroatoms. The van der Waals surface area contributed by atoms with Gasteiger partial charge in [-0.2, -0.15) is 0 Å². The molecule has 0 bridgehead atoms. The standard InChI is InChI=1S/C29H22O/c1-18(2)28-22-10-3-5-12-24(22)29(25-13-6-4-11-23(25)28)19-15-16-21-20-9-7-8-14-26(20)30-27(21)17-19/h3-18H,1-2H3. The van der Waals surface area contributed by atoms with Gasteiger partial charge < -0.3 is 4.42 Å². The predicted molar refractivity (Wildman–Crippen MR) is 128 cm³/mol. The van der Waals surface area contributed by atoms with Crippen molar-refractivity contribution >= 4 is 43.5 Å². The summed E-state index contributed by atoms with van der Waals surface area (Å²) in [5.41, 5.74) is 5.79. The third-order valence-corrected chi connectivity index (χ3v) is 6.22. The van der Waals surface area contributed by atoms with Crippen molar-refractivity contribution in [3.8, 4) is 11.1 Å². The second-order valence-electron chi connectivity index (χ2n) is 8.34. The molecule has 6 rings (SSSR count). The van der Waals surface area contributed by atoms with Gasteiger partial charge in [0.25, 0.3) is 0 Å². The lowest BCUT2D eigenvalue weighted by Crippen LogP contribution is -1.95. The summed E-state index contributed by atoms with van der Waals surface area (Å²) in [6.45, 7) is 4.57. The van der Waals surface area contributed by atoms with Crippen LogP contribution in [0.3, 0.4) is 0 Å². The fraction of sp³-hybridized carbons (Fsp3) is 0.103. The molecule has 144 valence electrons. The summed E-state index contributed by atoms with van der Waals surface area (Å²) in [5, 5.41) is 7.62. The normalized spacial score (nSPS) is 12.0. The molecule has 0 aliphatic heterocycles. The zero-order valence-electron chi connectivity index (χ0n) is 17.1. The largest absolute Gasteiger partial charge is 0.456 e. The highest BCUT2D eigenvalue weighted by Crippen LogP contribution is 2.43. The van der Waals surface area contributed by atoms with Crippen LogP contribution in [-0.4, -0.2) is 0 Å². The van der Waals surface area contributed by atoms with E-state index in [9.17, 15) is 0 Å². The van der Waals surface area contributed by atoms with Gasteiger partial charge in [0.2, 0.25) is 0 Å². The lowest BCUT2D eigenvalue weighted by Gasteiger charge is -2.19. The van der Waals surface area contributed by atoms with Gasteiger partial charge in [0, 0.05) is 10.8 Å². The van der Waals surface area contributed by atoms with E-state index in [1.807, 2.05) is 12.1 Å². The molecule has 0 fully saturated rings. The molecule has 0 unspecified atom stereocenters. The van der Waals surface area contributed by atoms with E-state index < -0.39 is 0 Å². The predicted octanol–water partition coefficient (Wildman–Crippen LogP) is 8.68. The molecular weight excluding hydrogens is 364 g/mol. The van der Waals surface area contributed by atoms with E-state index in [1.54, 1.807) is 0 Å². The third-order valence-electron chi connectivity index (χ3n) is 6.22. The van der Waals surface area contributed by atoms with Crippen LogP contribution in [0.1, 0.15) is 25.3 Å². The van der Waals surface area contributed by atoms with Crippen LogP contribution in [0.4, 0.5) is 0 Å². The molecule has 1 heterocycles. The van der Waals surface area contributed by atoms with Crippen LogP contribution in [0.2, 0.25) is 0 Å². The first-order valence-electron chi connectivity index (χ1n) is 10.6. The summed E-state index contributed by atoms with van der Waals surface area (Å²) in [7, 11) is 0. The maximum atomic E-state index is 6.20. The Morgan fingerprint density at radius 2 is 1.07 bits per heavy atom. The zero-order chi connectivity index (χ0) is 20.2. The lowest BCUT2D eigenvalue weighted by atomic mass is 9.85. The van der Waals surface area contributed by atoms with Crippen molar-refractivity contribution in [2.45, 2.75) is 19.8 Å². The summed E-state index contributed by atoms with van der Waals surface area (Å²) in [6.07, 6.45) is 0. The monoisotopic (exact) mass is 386 g/mol. The van der Waals surface area contributed by atoms with Gasteiger partial charge in [-0.15, -0.1) is 0 Å². The Hall–Kier alpha value is -3.58. The molecule has 0 spiro atoms. The van der Waals surface area contributed by atoms with E-state index in [0.717, 1.165) is 11.2 Å². The molecule has 6 aromatic rings. The van der Waals surface area contributed by atoms with Crippen LogP contribution in [0.25, 0.3) is 54.6 Å². The lowest BCUT2D eigenvalue weighted by molar-refractivity contribution is 0.669.